The molecule has 18 heavy (non-hydrogen) atoms. The molecular formula is C12H24O4P2. The Kier molecular flexibility index (Phi) is 12.3. The van der Waals surface area contributed by atoms with Gasteiger partial charge in [0.1, 0.15) is 0 Å². The first-order valence-electron chi connectivity index (χ1n) is 6.66. The van der Waals surface area contributed by atoms with E-state index in [9.17, 15) is 9.13 Å². The van der Waals surface area contributed by atoms with Crippen molar-refractivity contribution in [3.63, 3.8) is 0 Å². The van der Waals surface area contributed by atoms with Crippen LogP contribution in [0.15, 0.2) is 0 Å². The van der Waals surface area contributed by atoms with Crippen molar-refractivity contribution >= 4 is 15.5 Å². The zero-order valence-corrected chi connectivity index (χ0v) is 12.7. The molecule has 106 valence electrons. The molecule has 0 aromatic rings. The topological polar surface area (TPSA) is 74.6 Å². The predicted octanol–water partition coefficient (Wildman–Crippen LogP) is 4.32. The van der Waals surface area contributed by atoms with Crippen molar-refractivity contribution in [1.82, 2.24) is 0 Å². The fraction of sp³-hybridized carbons (Fsp3) is 0.917. The molecule has 0 aliphatic heterocycles. The van der Waals surface area contributed by atoms with Gasteiger partial charge in [0.2, 0.25) is 0 Å². The summed E-state index contributed by atoms with van der Waals surface area (Å²) in [7, 11) is -3.76. The maximum absolute atomic E-state index is 10.6. The Labute approximate surface area is 111 Å². The van der Waals surface area contributed by atoms with E-state index < -0.39 is 7.60 Å². The van der Waals surface area contributed by atoms with Gasteiger partial charge in [-0.3, -0.25) is 4.57 Å². The smallest absolute Gasteiger partial charge is 0.324 e. The Morgan fingerprint density at radius 2 is 1.28 bits per heavy atom. The summed E-state index contributed by atoms with van der Waals surface area (Å²) < 4.78 is 20.6. The average Bonchev–Trinajstić information content (AvgIpc) is 2.29. The molecule has 4 nitrogen and oxygen atoms in total. The second kappa shape index (κ2) is 12.2. The maximum atomic E-state index is 10.6. The van der Waals surface area contributed by atoms with Crippen molar-refractivity contribution in [3.8, 4) is 5.63 Å². The molecule has 0 saturated carbocycles. The van der Waals surface area contributed by atoms with Gasteiger partial charge in [0.25, 0.3) is 0 Å². The van der Waals surface area contributed by atoms with Crippen LogP contribution in [0, 0.1) is 5.63 Å². The van der Waals surface area contributed by atoms with Crippen LogP contribution in [0.25, 0.3) is 0 Å². The van der Waals surface area contributed by atoms with Crippen molar-refractivity contribution in [3.05, 3.63) is 0 Å². The molecule has 0 atom stereocenters. The minimum absolute atomic E-state index is 0.0185. The summed E-state index contributed by atoms with van der Waals surface area (Å²) in [5, 5.41) is 0. The summed E-state index contributed by atoms with van der Waals surface area (Å²) in [5.41, 5.74) is 2.74. The zero-order valence-electron chi connectivity index (χ0n) is 10.9. The standard InChI is InChI=1S/C12H24O4P2/c13-17-11-9-7-5-3-1-2-4-6-8-10-12-18(14,15)16/h1-10,12H2,(H2,14,15,16). The van der Waals surface area contributed by atoms with Crippen LogP contribution in [0.1, 0.15) is 64.2 Å². The molecule has 0 spiro atoms. The molecule has 0 unspecified atom stereocenters. The Morgan fingerprint density at radius 3 is 1.72 bits per heavy atom. The molecule has 0 amide bonds. The van der Waals surface area contributed by atoms with E-state index in [-0.39, 0.29) is 14.1 Å². The van der Waals surface area contributed by atoms with E-state index in [2.05, 4.69) is 5.63 Å². The van der Waals surface area contributed by atoms with Crippen LogP contribution in [0.5, 0.6) is 0 Å². The second-order valence-corrected chi connectivity index (χ2v) is 6.85. The molecular weight excluding hydrogens is 270 g/mol. The van der Waals surface area contributed by atoms with Crippen molar-refractivity contribution in [2.75, 3.05) is 6.16 Å². The summed E-state index contributed by atoms with van der Waals surface area (Å²) in [4.78, 5) is 17.3. The number of unbranched alkanes of at least 4 members (excludes halogenated alkanes) is 9. The Balaban J connectivity index is 3.09. The van der Waals surface area contributed by atoms with E-state index in [4.69, 9.17) is 9.79 Å². The van der Waals surface area contributed by atoms with Crippen molar-refractivity contribution in [2.24, 2.45) is 0 Å². The third-order valence-electron chi connectivity index (χ3n) is 2.80. The van der Waals surface area contributed by atoms with Crippen molar-refractivity contribution in [1.29, 1.82) is 0 Å². The summed E-state index contributed by atoms with van der Waals surface area (Å²) in [6.07, 6.45) is 10.5. The van der Waals surface area contributed by atoms with E-state index >= 15 is 0 Å². The normalized spacial score (nSPS) is 11.2. The number of rotatable bonds is 11. The quantitative estimate of drug-likeness (QED) is 0.439. The SMILES string of the molecule is O=P#CCCCCCCCCCCCP(=O)(O)O. The van der Waals surface area contributed by atoms with Gasteiger partial charge in [0, 0.05) is 0 Å². The van der Waals surface area contributed by atoms with E-state index in [1.165, 1.54) is 25.7 Å². The van der Waals surface area contributed by atoms with E-state index in [1.807, 2.05) is 0 Å². The van der Waals surface area contributed by atoms with Gasteiger partial charge in [0.05, 0.1) is 0 Å². The summed E-state index contributed by atoms with van der Waals surface area (Å²) in [6.45, 7) is 0. The molecule has 0 radical (unpaired) electrons. The van der Waals surface area contributed by atoms with Gasteiger partial charge in [-0.2, -0.15) is 0 Å². The first kappa shape index (κ1) is 18.2. The van der Waals surface area contributed by atoms with Crippen LogP contribution >= 0.6 is 15.5 Å². The third-order valence-corrected chi connectivity index (χ3v) is 4.05. The molecule has 0 saturated heterocycles. The third kappa shape index (κ3) is 16.2. The second-order valence-electron chi connectivity index (χ2n) is 4.57. The van der Waals surface area contributed by atoms with Gasteiger partial charge >= 0.3 is 96.1 Å². The summed E-state index contributed by atoms with van der Waals surface area (Å²) in [6, 6.07) is 0. The van der Waals surface area contributed by atoms with Gasteiger partial charge in [-0.1, -0.05) is 0 Å². The fourth-order valence-corrected chi connectivity index (χ4v) is 2.69. The minimum atomic E-state index is -3.77. The van der Waals surface area contributed by atoms with Crippen LogP contribution in [0.4, 0.5) is 0 Å². The van der Waals surface area contributed by atoms with E-state index in [0.29, 0.717) is 6.42 Å². The molecule has 6 heteroatoms. The Bertz CT molecular complexity index is 331. The Morgan fingerprint density at radius 1 is 0.833 bits per heavy atom. The predicted molar refractivity (Wildman–Crippen MR) is 74.6 cm³/mol. The zero-order chi connectivity index (χ0) is 13.7. The van der Waals surface area contributed by atoms with E-state index in [1.54, 1.807) is 0 Å². The van der Waals surface area contributed by atoms with Crippen LogP contribution < -0.4 is 0 Å². The van der Waals surface area contributed by atoms with Crippen molar-refractivity contribution < 1.29 is 18.9 Å². The Hall–Kier alpha value is 0.160. The molecule has 0 bridgehead atoms. The van der Waals surface area contributed by atoms with Crippen LogP contribution in [-0.4, -0.2) is 15.9 Å². The summed E-state index contributed by atoms with van der Waals surface area (Å²) >= 11 is 0. The molecule has 0 aliphatic carbocycles. The molecule has 0 aromatic carbocycles. The minimum Gasteiger partial charge on any atom is -0.324 e. The van der Waals surface area contributed by atoms with Gasteiger partial charge in [-0.15, -0.1) is 0 Å². The molecule has 0 fully saturated rings. The first-order valence-corrected chi connectivity index (χ1v) is 9.27. The monoisotopic (exact) mass is 294 g/mol. The molecule has 0 heterocycles. The van der Waals surface area contributed by atoms with Crippen LogP contribution in [0.3, 0.4) is 0 Å². The number of hydrogen-bond donors (Lipinski definition) is 2. The van der Waals surface area contributed by atoms with E-state index in [0.717, 1.165) is 32.1 Å². The van der Waals surface area contributed by atoms with Gasteiger partial charge < -0.3 is 9.79 Å². The molecule has 0 aliphatic rings. The first-order chi connectivity index (χ1) is 8.56. The van der Waals surface area contributed by atoms with Gasteiger partial charge in [0.15, 0.2) is 0 Å². The summed E-state index contributed by atoms with van der Waals surface area (Å²) in [5.74, 6) is 0. The van der Waals surface area contributed by atoms with Crippen LogP contribution in [-0.2, 0) is 9.13 Å². The van der Waals surface area contributed by atoms with Crippen LogP contribution in [0.2, 0.25) is 0 Å². The number of hydrogen-bond acceptors (Lipinski definition) is 2. The molecule has 0 aromatic heterocycles. The van der Waals surface area contributed by atoms with Gasteiger partial charge in [-0.05, 0) is 0 Å². The van der Waals surface area contributed by atoms with Gasteiger partial charge in [-0.25, -0.2) is 0 Å². The molecule has 0 rings (SSSR count). The average molecular weight is 294 g/mol. The fourth-order valence-electron chi connectivity index (χ4n) is 1.80. The molecule has 2 N–H and O–H groups in total. The van der Waals surface area contributed by atoms with Crippen molar-refractivity contribution in [2.45, 2.75) is 64.2 Å².